The Bertz CT molecular complexity index is 1190. The zero-order valence-corrected chi connectivity index (χ0v) is 23.0. The molecule has 2 aromatic rings. The van der Waals surface area contributed by atoms with Crippen LogP contribution >= 0.6 is 11.6 Å². The van der Waals surface area contributed by atoms with Gasteiger partial charge in [0.15, 0.2) is 11.8 Å². The summed E-state index contributed by atoms with van der Waals surface area (Å²) in [6, 6.07) is 9.41. The number of methoxy groups -OCH3 is 1. The van der Waals surface area contributed by atoms with Crippen molar-refractivity contribution in [3.63, 3.8) is 0 Å². The number of benzene rings is 2. The van der Waals surface area contributed by atoms with Crippen LogP contribution in [-0.2, 0) is 20.7 Å². The number of amides is 3. The van der Waals surface area contributed by atoms with E-state index in [0.29, 0.717) is 28.3 Å². The van der Waals surface area contributed by atoms with E-state index in [0.717, 1.165) is 5.56 Å². The van der Waals surface area contributed by atoms with Gasteiger partial charge in [0.1, 0.15) is 11.4 Å². The van der Waals surface area contributed by atoms with Crippen LogP contribution < -0.4 is 20.7 Å². The van der Waals surface area contributed by atoms with E-state index in [2.05, 4.69) is 16.0 Å². The fourth-order valence-electron chi connectivity index (χ4n) is 4.21. The number of rotatable bonds is 8. The number of nitrogens with one attached hydrogen (secondary N) is 3. The van der Waals surface area contributed by atoms with Gasteiger partial charge in [-0.25, -0.2) is 9.59 Å². The average molecular weight is 544 g/mol. The number of hydrogen-bond acceptors (Lipinski definition) is 6. The van der Waals surface area contributed by atoms with Gasteiger partial charge in [-0.3, -0.25) is 9.59 Å². The molecule has 0 unspecified atom stereocenters. The molecule has 1 saturated heterocycles. The maximum atomic E-state index is 13.4. The van der Waals surface area contributed by atoms with Gasteiger partial charge >= 0.3 is 12.0 Å². The first-order valence-corrected chi connectivity index (χ1v) is 12.8. The van der Waals surface area contributed by atoms with E-state index in [1.807, 2.05) is 6.92 Å². The summed E-state index contributed by atoms with van der Waals surface area (Å²) in [5, 5.41) is 8.48. The quantitative estimate of drug-likeness (QED) is 0.342. The number of halogens is 1. The molecular formula is C28H34ClN3O6. The third-order valence-electron chi connectivity index (χ3n) is 6.11. The Balaban J connectivity index is 1.75. The number of Topliss-reactive ketones (excluding diaryl/α,β-unsaturated/α-hetero) is 1. The lowest BCUT2D eigenvalue weighted by atomic mass is 9.90. The van der Waals surface area contributed by atoms with E-state index in [1.54, 1.807) is 63.2 Å². The fourth-order valence-corrected chi connectivity index (χ4v) is 4.40. The Labute approximate surface area is 227 Å². The van der Waals surface area contributed by atoms with Crippen LogP contribution in [-0.4, -0.2) is 49.0 Å². The van der Waals surface area contributed by atoms with Crippen LogP contribution in [0.5, 0.6) is 5.75 Å². The molecule has 0 radical (unpaired) electrons. The van der Waals surface area contributed by atoms with Crippen molar-refractivity contribution in [2.45, 2.75) is 58.2 Å². The summed E-state index contributed by atoms with van der Waals surface area (Å²) in [5.74, 6) is -1.59. The van der Waals surface area contributed by atoms with Gasteiger partial charge in [0.2, 0.25) is 0 Å². The van der Waals surface area contributed by atoms with Gasteiger partial charge in [-0.15, -0.1) is 0 Å². The van der Waals surface area contributed by atoms with Crippen LogP contribution in [0, 0.1) is 5.92 Å². The summed E-state index contributed by atoms with van der Waals surface area (Å²) < 4.78 is 10.8. The molecule has 1 aliphatic rings. The second-order valence-electron chi connectivity index (χ2n) is 10.1. The highest BCUT2D eigenvalue weighted by Crippen LogP contribution is 2.26. The molecule has 2 aromatic carbocycles. The van der Waals surface area contributed by atoms with Crippen molar-refractivity contribution in [3.05, 3.63) is 64.2 Å². The van der Waals surface area contributed by atoms with Gasteiger partial charge in [-0.05, 0) is 75.1 Å². The molecule has 204 valence electrons. The third kappa shape index (κ3) is 7.47. The highest BCUT2D eigenvalue weighted by molar-refractivity contribution is 6.30. The maximum Gasteiger partial charge on any atom is 0.338 e. The van der Waals surface area contributed by atoms with Crippen molar-refractivity contribution in [1.29, 1.82) is 0 Å². The van der Waals surface area contributed by atoms with E-state index in [9.17, 15) is 19.2 Å². The molecule has 0 spiro atoms. The fraction of sp³-hybridized carbons (Fsp3) is 0.429. The first kappa shape index (κ1) is 29.0. The SMILES string of the molecule is CC[C@@H](NC(=O)[C@@H]1NC(=O)NC[C@@H](Cc2cc(Cl)ccc2OC)C1=O)c1ccc(C(=O)OC(C)(C)C)cc1. The van der Waals surface area contributed by atoms with Crippen LogP contribution in [0.2, 0.25) is 5.02 Å². The number of esters is 1. The first-order chi connectivity index (χ1) is 17.9. The summed E-state index contributed by atoms with van der Waals surface area (Å²) in [7, 11) is 1.52. The molecular weight excluding hydrogens is 510 g/mol. The van der Waals surface area contributed by atoms with Crippen molar-refractivity contribution in [3.8, 4) is 5.75 Å². The lowest BCUT2D eigenvalue weighted by Gasteiger charge is -2.23. The van der Waals surface area contributed by atoms with Crippen LogP contribution in [0.3, 0.4) is 0 Å². The highest BCUT2D eigenvalue weighted by atomic mass is 35.5. The number of ether oxygens (including phenoxy) is 2. The largest absolute Gasteiger partial charge is 0.496 e. The molecule has 10 heteroatoms. The number of ketones is 1. The minimum atomic E-state index is -1.37. The normalized spacial score (nSPS) is 18.5. The zero-order valence-electron chi connectivity index (χ0n) is 22.2. The molecule has 0 bridgehead atoms. The Hall–Kier alpha value is -3.59. The monoisotopic (exact) mass is 543 g/mol. The molecule has 3 amide bonds. The molecule has 3 N–H and O–H groups in total. The van der Waals surface area contributed by atoms with Gasteiger partial charge in [0.25, 0.3) is 5.91 Å². The smallest absolute Gasteiger partial charge is 0.338 e. The molecule has 38 heavy (non-hydrogen) atoms. The standard InChI is InChI=1S/C28H34ClN3O6/c1-6-21(16-7-9-17(10-8-16)26(35)38-28(2,3)4)31-25(34)23-24(33)19(15-30-27(36)32-23)13-18-14-20(29)11-12-22(18)37-5/h7-12,14,19,21,23H,6,13,15H2,1-5H3,(H,31,34)(H2,30,32,36)/t19-,21-,23-/m1/s1. The van der Waals surface area contributed by atoms with Crippen molar-refractivity contribution in [1.82, 2.24) is 16.0 Å². The molecule has 0 aromatic heterocycles. The number of urea groups is 1. The van der Waals surface area contributed by atoms with E-state index < -0.39 is 47.3 Å². The van der Waals surface area contributed by atoms with Crippen LogP contribution in [0.1, 0.15) is 61.6 Å². The first-order valence-electron chi connectivity index (χ1n) is 12.5. The van der Waals surface area contributed by atoms with Crippen LogP contribution in [0.4, 0.5) is 4.79 Å². The van der Waals surface area contributed by atoms with Crippen LogP contribution in [0.15, 0.2) is 42.5 Å². The van der Waals surface area contributed by atoms with Gasteiger partial charge in [0, 0.05) is 17.5 Å². The lowest BCUT2D eigenvalue weighted by Crippen LogP contribution is -2.52. The molecule has 1 heterocycles. The lowest BCUT2D eigenvalue weighted by molar-refractivity contribution is -0.133. The van der Waals surface area contributed by atoms with Crippen molar-refractivity contribution < 1.29 is 28.7 Å². The molecule has 1 aliphatic heterocycles. The molecule has 0 aliphatic carbocycles. The minimum Gasteiger partial charge on any atom is -0.496 e. The predicted molar refractivity (Wildman–Crippen MR) is 143 cm³/mol. The topological polar surface area (TPSA) is 123 Å². The number of hydrogen-bond donors (Lipinski definition) is 3. The Morgan fingerprint density at radius 1 is 1.13 bits per heavy atom. The molecule has 9 nitrogen and oxygen atoms in total. The maximum absolute atomic E-state index is 13.4. The van der Waals surface area contributed by atoms with Crippen molar-refractivity contribution >= 4 is 35.3 Å². The highest BCUT2D eigenvalue weighted by Gasteiger charge is 2.37. The van der Waals surface area contributed by atoms with Gasteiger partial charge < -0.3 is 25.4 Å². The molecule has 1 fully saturated rings. The van der Waals surface area contributed by atoms with Gasteiger partial charge in [-0.1, -0.05) is 30.7 Å². The predicted octanol–water partition coefficient (Wildman–Crippen LogP) is 3.98. The number of carbonyl (C=O) groups excluding carboxylic acids is 4. The van der Waals surface area contributed by atoms with E-state index in [4.69, 9.17) is 21.1 Å². The summed E-state index contributed by atoms with van der Waals surface area (Å²) in [6.45, 7) is 7.33. The third-order valence-corrected chi connectivity index (χ3v) is 6.35. The van der Waals surface area contributed by atoms with Gasteiger partial charge in [-0.2, -0.15) is 0 Å². The second-order valence-corrected chi connectivity index (χ2v) is 10.6. The summed E-state index contributed by atoms with van der Waals surface area (Å²) in [5.41, 5.74) is 1.22. The summed E-state index contributed by atoms with van der Waals surface area (Å²) in [6.07, 6.45) is 0.755. The molecule has 3 rings (SSSR count). The minimum absolute atomic E-state index is 0.0629. The zero-order chi connectivity index (χ0) is 28.0. The van der Waals surface area contributed by atoms with E-state index in [-0.39, 0.29) is 13.0 Å². The van der Waals surface area contributed by atoms with Crippen LogP contribution in [0.25, 0.3) is 0 Å². The summed E-state index contributed by atoms with van der Waals surface area (Å²) >= 11 is 6.14. The Morgan fingerprint density at radius 2 is 1.82 bits per heavy atom. The van der Waals surface area contributed by atoms with Crippen molar-refractivity contribution in [2.24, 2.45) is 5.92 Å². The molecule has 3 atom stereocenters. The Morgan fingerprint density at radius 3 is 2.42 bits per heavy atom. The van der Waals surface area contributed by atoms with Gasteiger partial charge in [0.05, 0.1) is 18.7 Å². The van der Waals surface area contributed by atoms with Crippen molar-refractivity contribution in [2.75, 3.05) is 13.7 Å². The molecule has 0 saturated carbocycles. The Kier molecular flexibility index (Phi) is 9.38. The second kappa shape index (κ2) is 12.3. The number of carbonyl (C=O) groups is 4. The average Bonchev–Trinajstić information content (AvgIpc) is 3.00. The van der Waals surface area contributed by atoms with E-state index >= 15 is 0 Å². The summed E-state index contributed by atoms with van der Waals surface area (Å²) in [4.78, 5) is 51.3. The van der Waals surface area contributed by atoms with E-state index in [1.165, 1.54) is 7.11 Å².